The minimum atomic E-state index is 0.506. The van der Waals surface area contributed by atoms with Crippen LogP contribution in [0.1, 0.15) is 22.6 Å². The Labute approximate surface area is 138 Å². The highest BCUT2D eigenvalue weighted by Gasteiger charge is 2.13. The molecule has 0 bridgehead atoms. The molecule has 0 aliphatic carbocycles. The summed E-state index contributed by atoms with van der Waals surface area (Å²) in [5.74, 6) is 2.36. The molecule has 3 aromatic rings. The van der Waals surface area contributed by atoms with E-state index in [-0.39, 0.29) is 0 Å². The summed E-state index contributed by atoms with van der Waals surface area (Å²) < 4.78 is 12.5. The summed E-state index contributed by atoms with van der Waals surface area (Å²) >= 11 is 1.54. The molecule has 0 amide bonds. The molecule has 0 saturated heterocycles. The van der Waals surface area contributed by atoms with Crippen LogP contribution in [0.15, 0.2) is 34.2 Å². The van der Waals surface area contributed by atoms with Gasteiger partial charge < -0.3 is 9.15 Å². The van der Waals surface area contributed by atoms with Gasteiger partial charge in [-0.15, -0.1) is 5.10 Å². The first-order chi connectivity index (χ1) is 11.2. The van der Waals surface area contributed by atoms with E-state index in [1.807, 2.05) is 32.2 Å². The van der Waals surface area contributed by atoms with Crippen LogP contribution in [-0.4, -0.2) is 32.3 Å². The molecule has 3 heterocycles. The van der Waals surface area contributed by atoms with E-state index in [4.69, 9.17) is 9.15 Å². The van der Waals surface area contributed by atoms with Gasteiger partial charge in [-0.2, -0.15) is 0 Å². The maximum absolute atomic E-state index is 5.44. The van der Waals surface area contributed by atoms with Crippen molar-refractivity contribution in [2.45, 2.75) is 31.3 Å². The molecule has 0 aliphatic heterocycles. The first kappa shape index (κ1) is 15.5. The second kappa shape index (κ2) is 6.82. The van der Waals surface area contributed by atoms with E-state index in [1.54, 1.807) is 18.1 Å². The zero-order valence-corrected chi connectivity index (χ0v) is 14.0. The van der Waals surface area contributed by atoms with Crippen LogP contribution in [0.5, 0.6) is 5.75 Å². The van der Waals surface area contributed by atoms with Crippen molar-refractivity contribution in [3.05, 3.63) is 47.2 Å². The molecule has 0 aliphatic rings. The summed E-state index contributed by atoms with van der Waals surface area (Å²) in [6.07, 6.45) is 3.46. The van der Waals surface area contributed by atoms with Gasteiger partial charge in [0.2, 0.25) is 5.16 Å². The summed E-state index contributed by atoms with van der Waals surface area (Å²) in [6, 6.07) is 3.74. The van der Waals surface area contributed by atoms with Crippen LogP contribution >= 0.6 is 11.8 Å². The molecule has 3 aromatic heterocycles. The number of hydrogen-bond acceptors (Lipinski definition) is 7. The van der Waals surface area contributed by atoms with Crippen molar-refractivity contribution >= 4 is 11.8 Å². The van der Waals surface area contributed by atoms with Crippen molar-refractivity contribution in [2.24, 2.45) is 0 Å². The Balaban J connectivity index is 1.73. The topological polar surface area (TPSA) is 78.9 Å². The van der Waals surface area contributed by atoms with Gasteiger partial charge in [0.1, 0.15) is 18.1 Å². The highest BCUT2D eigenvalue weighted by atomic mass is 32.2. The third-order valence-electron chi connectivity index (χ3n) is 3.47. The Morgan fingerprint density at radius 3 is 2.96 bits per heavy atom. The van der Waals surface area contributed by atoms with Gasteiger partial charge in [-0.25, -0.2) is 4.68 Å². The van der Waals surface area contributed by atoms with Crippen molar-refractivity contribution < 1.29 is 9.15 Å². The van der Waals surface area contributed by atoms with Gasteiger partial charge in [0.05, 0.1) is 19.1 Å². The number of pyridine rings is 1. The van der Waals surface area contributed by atoms with E-state index >= 15 is 0 Å². The van der Waals surface area contributed by atoms with Crippen LogP contribution in [-0.2, 0) is 12.3 Å². The molecule has 120 valence electrons. The van der Waals surface area contributed by atoms with Crippen LogP contribution in [0.3, 0.4) is 0 Å². The highest BCUT2D eigenvalue weighted by Crippen LogP contribution is 2.28. The van der Waals surface area contributed by atoms with Gasteiger partial charge in [-0.1, -0.05) is 11.8 Å². The van der Waals surface area contributed by atoms with E-state index in [1.165, 1.54) is 11.8 Å². The number of hydrogen-bond donors (Lipinski definition) is 0. The largest absolute Gasteiger partial charge is 0.496 e. The number of nitrogens with zero attached hydrogens (tertiary/aromatic N) is 5. The number of furan rings is 1. The van der Waals surface area contributed by atoms with Gasteiger partial charge in [0.15, 0.2) is 0 Å². The van der Waals surface area contributed by atoms with Gasteiger partial charge in [-0.05, 0) is 36.4 Å². The fourth-order valence-electron chi connectivity index (χ4n) is 2.30. The molecule has 7 nitrogen and oxygen atoms in total. The van der Waals surface area contributed by atoms with Gasteiger partial charge in [-0.3, -0.25) is 4.98 Å². The van der Waals surface area contributed by atoms with Crippen molar-refractivity contribution in [3.8, 4) is 5.75 Å². The number of ether oxygens (including phenoxy) is 1. The molecule has 0 N–H and O–H groups in total. The number of methoxy groups -OCH3 is 1. The lowest BCUT2D eigenvalue weighted by Crippen LogP contribution is -2.04. The normalized spacial score (nSPS) is 10.9. The average molecular weight is 331 g/mol. The van der Waals surface area contributed by atoms with E-state index in [0.29, 0.717) is 12.3 Å². The lowest BCUT2D eigenvalue weighted by molar-refractivity contribution is 0.407. The average Bonchev–Trinajstić information content (AvgIpc) is 3.20. The molecular formula is C15H17N5O2S. The minimum Gasteiger partial charge on any atom is -0.496 e. The molecule has 8 heteroatoms. The second-order valence-electron chi connectivity index (χ2n) is 5.03. The maximum Gasteiger partial charge on any atom is 0.210 e. The zero-order chi connectivity index (χ0) is 16.2. The van der Waals surface area contributed by atoms with Crippen LogP contribution < -0.4 is 4.74 Å². The van der Waals surface area contributed by atoms with E-state index in [9.17, 15) is 0 Å². The van der Waals surface area contributed by atoms with E-state index in [0.717, 1.165) is 33.5 Å². The smallest absolute Gasteiger partial charge is 0.210 e. The number of rotatable bonds is 6. The van der Waals surface area contributed by atoms with Crippen molar-refractivity contribution in [3.63, 3.8) is 0 Å². The van der Waals surface area contributed by atoms with E-state index < -0.39 is 0 Å². The monoisotopic (exact) mass is 331 g/mol. The maximum atomic E-state index is 5.44. The molecule has 3 rings (SSSR count). The Kier molecular flexibility index (Phi) is 4.61. The summed E-state index contributed by atoms with van der Waals surface area (Å²) in [7, 11) is 1.68. The number of thioether (sulfide) groups is 1. The highest BCUT2D eigenvalue weighted by molar-refractivity contribution is 7.98. The Hall–Kier alpha value is -2.35. The lowest BCUT2D eigenvalue weighted by Gasteiger charge is -2.11. The first-order valence-corrected chi connectivity index (χ1v) is 8.08. The van der Waals surface area contributed by atoms with Crippen molar-refractivity contribution in [1.29, 1.82) is 0 Å². The third kappa shape index (κ3) is 3.37. The quantitative estimate of drug-likeness (QED) is 0.642. The Morgan fingerprint density at radius 1 is 1.35 bits per heavy atom. The predicted octanol–water partition coefficient (Wildman–Crippen LogP) is 2.63. The van der Waals surface area contributed by atoms with Crippen LogP contribution in [0.4, 0.5) is 0 Å². The second-order valence-corrected chi connectivity index (χ2v) is 5.98. The third-order valence-corrected chi connectivity index (χ3v) is 4.44. The lowest BCUT2D eigenvalue weighted by atomic mass is 10.1. The van der Waals surface area contributed by atoms with Crippen molar-refractivity contribution in [1.82, 2.24) is 25.2 Å². The van der Waals surface area contributed by atoms with Gasteiger partial charge >= 0.3 is 0 Å². The fraction of sp³-hybridized carbons (Fsp3) is 0.333. The summed E-state index contributed by atoms with van der Waals surface area (Å²) in [4.78, 5) is 4.49. The molecule has 0 aromatic carbocycles. The number of aryl methyl sites for hydroxylation is 1. The van der Waals surface area contributed by atoms with Crippen LogP contribution in [0, 0.1) is 13.8 Å². The zero-order valence-electron chi connectivity index (χ0n) is 13.2. The van der Waals surface area contributed by atoms with Gasteiger partial charge in [0.25, 0.3) is 0 Å². The number of aromatic nitrogens is 5. The molecule has 0 atom stereocenters. The molecule has 23 heavy (non-hydrogen) atoms. The molecule has 0 radical (unpaired) electrons. The molecular weight excluding hydrogens is 314 g/mol. The summed E-state index contributed by atoms with van der Waals surface area (Å²) in [5.41, 5.74) is 3.04. The minimum absolute atomic E-state index is 0.506. The van der Waals surface area contributed by atoms with Crippen LogP contribution in [0.2, 0.25) is 0 Å². The molecule has 0 unspecified atom stereocenters. The number of tetrazole rings is 1. The van der Waals surface area contributed by atoms with Crippen LogP contribution in [0.25, 0.3) is 0 Å². The van der Waals surface area contributed by atoms with Gasteiger partial charge in [0, 0.05) is 23.1 Å². The summed E-state index contributed by atoms with van der Waals surface area (Å²) in [6.45, 7) is 4.51. The fourth-order valence-corrected chi connectivity index (χ4v) is 3.20. The summed E-state index contributed by atoms with van der Waals surface area (Å²) in [5, 5.41) is 12.5. The SMILES string of the molecule is COc1c(C)cnc(CSc2nnnn2Cc2ccco2)c1C. The molecule has 0 saturated carbocycles. The predicted molar refractivity (Wildman–Crippen MR) is 85.5 cm³/mol. The molecule has 0 spiro atoms. The standard InChI is InChI=1S/C15H17N5O2S/c1-10-7-16-13(11(2)14(10)21-3)9-23-15-17-18-19-20(15)8-12-5-4-6-22-12/h4-7H,8-9H2,1-3H3. The van der Waals surface area contributed by atoms with E-state index in [2.05, 4.69) is 20.5 Å². The Bertz CT molecular complexity index is 785. The molecule has 0 fully saturated rings. The Morgan fingerprint density at radius 2 is 2.22 bits per heavy atom. The first-order valence-electron chi connectivity index (χ1n) is 7.09. The van der Waals surface area contributed by atoms with Crippen molar-refractivity contribution in [2.75, 3.05) is 7.11 Å².